The van der Waals surface area contributed by atoms with E-state index >= 15 is 0 Å². The van der Waals surface area contributed by atoms with E-state index in [1.54, 1.807) is 48.5 Å². The van der Waals surface area contributed by atoms with E-state index in [-0.39, 0.29) is 19.1 Å². The Morgan fingerprint density at radius 2 is 1.68 bits per heavy atom. The third-order valence-electron chi connectivity index (χ3n) is 4.85. The second-order valence-corrected chi connectivity index (χ2v) is 10.0. The van der Waals surface area contributed by atoms with Crippen molar-refractivity contribution in [2.75, 3.05) is 30.8 Å². The number of hydrogen-bond donors (Lipinski definition) is 1. The molecule has 180 valence electrons. The van der Waals surface area contributed by atoms with Gasteiger partial charge in [-0.3, -0.25) is 9.10 Å². The van der Waals surface area contributed by atoms with E-state index in [1.165, 1.54) is 17.5 Å². The second-order valence-electron chi connectivity index (χ2n) is 7.32. The first-order valence-electron chi connectivity index (χ1n) is 10.2. The van der Waals surface area contributed by atoms with Gasteiger partial charge in [-0.05, 0) is 48.0 Å². The predicted octanol–water partition coefficient (Wildman–Crippen LogP) is 4.78. The Hall–Kier alpha value is -2.94. The fourth-order valence-electron chi connectivity index (χ4n) is 3.13. The topological polar surface area (TPSA) is 84.9 Å². The monoisotopic (exact) mass is 522 g/mol. The number of ether oxygens (including phenoxy) is 2. The zero-order valence-electron chi connectivity index (χ0n) is 18.6. The van der Waals surface area contributed by atoms with Crippen molar-refractivity contribution >= 4 is 44.8 Å². The number of carbonyl (C=O) groups is 1. The fraction of sp³-hybridized carbons (Fsp3) is 0.208. The molecule has 1 amide bonds. The van der Waals surface area contributed by atoms with E-state index in [9.17, 15) is 13.2 Å². The molecule has 3 rings (SSSR count). The Labute approximate surface area is 209 Å². The lowest BCUT2D eigenvalue weighted by molar-refractivity contribution is 0.0947. The quantitative estimate of drug-likeness (QED) is 0.387. The van der Waals surface area contributed by atoms with Gasteiger partial charge in [0.15, 0.2) is 0 Å². The first-order chi connectivity index (χ1) is 16.2. The van der Waals surface area contributed by atoms with Crippen LogP contribution in [0.2, 0.25) is 10.0 Å². The number of carbonyl (C=O) groups excluding carboxylic acids is 1. The smallest absolute Gasteiger partial charge is 0.251 e. The van der Waals surface area contributed by atoms with Gasteiger partial charge in [-0.2, -0.15) is 0 Å². The molecular formula is C24H24Cl2N2O5S. The molecule has 7 nitrogen and oxygen atoms in total. The molecule has 34 heavy (non-hydrogen) atoms. The van der Waals surface area contributed by atoms with E-state index < -0.39 is 10.0 Å². The number of amides is 1. The van der Waals surface area contributed by atoms with Crippen molar-refractivity contribution in [1.82, 2.24) is 5.32 Å². The van der Waals surface area contributed by atoms with Crippen LogP contribution in [0.4, 0.5) is 5.69 Å². The lowest BCUT2D eigenvalue weighted by Crippen LogP contribution is -2.29. The van der Waals surface area contributed by atoms with Crippen molar-refractivity contribution in [3.63, 3.8) is 0 Å². The predicted molar refractivity (Wildman–Crippen MR) is 135 cm³/mol. The van der Waals surface area contributed by atoms with Crippen molar-refractivity contribution in [2.45, 2.75) is 6.54 Å². The number of benzene rings is 3. The molecule has 1 N–H and O–H groups in total. The van der Waals surface area contributed by atoms with E-state index in [1.807, 2.05) is 12.1 Å². The van der Waals surface area contributed by atoms with Gasteiger partial charge in [0.05, 0.1) is 42.2 Å². The fourth-order valence-corrected chi connectivity index (χ4v) is 4.45. The summed E-state index contributed by atoms with van der Waals surface area (Å²) in [6.45, 7) is 0.641. The number of nitrogens with zero attached hydrogens (tertiary/aromatic N) is 1. The Kier molecular flexibility index (Phi) is 8.66. The number of hydrogen-bond acceptors (Lipinski definition) is 5. The minimum Gasteiger partial charge on any atom is -0.495 e. The van der Waals surface area contributed by atoms with Gasteiger partial charge < -0.3 is 14.8 Å². The summed E-state index contributed by atoms with van der Waals surface area (Å²) < 4.78 is 36.8. The van der Waals surface area contributed by atoms with Crippen molar-refractivity contribution in [1.29, 1.82) is 0 Å². The van der Waals surface area contributed by atoms with Crippen LogP contribution in [0.1, 0.15) is 15.9 Å². The molecule has 0 spiro atoms. The molecular weight excluding hydrogens is 499 g/mol. The van der Waals surface area contributed by atoms with Gasteiger partial charge in [0.25, 0.3) is 5.91 Å². The zero-order valence-corrected chi connectivity index (χ0v) is 21.0. The molecule has 0 bridgehead atoms. The molecule has 0 fully saturated rings. The van der Waals surface area contributed by atoms with Gasteiger partial charge in [0, 0.05) is 5.56 Å². The molecule has 0 aromatic heterocycles. The summed E-state index contributed by atoms with van der Waals surface area (Å²) >= 11 is 12.2. The maximum atomic E-state index is 12.4. The number of para-hydroxylation sites is 1. The van der Waals surface area contributed by atoms with Crippen LogP contribution in [0.5, 0.6) is 11.5 Å². The van der Waals surface area contributed by atoms with Crippen LogP contribution in [-0.4, -0.2) is 40.8 Å². The normalized spacial score (nSPS) is 11.1. The Morgan fingerprint density at radius 1 is 0.971 bits per heavy atom. The van der Waals surface area contributed by atoms with Crippen LogP contribution in [-0.2, 0) is 16.6 Å². The average molecular weight is 523 g/mol. The molecule has 0 unspecified atom stereocenters. The largest absolute Gasteiger partial charge is 0.495 e. The molecule has 0 saturated carbocycles. The Morgan fingerprint density at radius 3 is 2.29 bits per heavy atom. The van der Waals surface area contributed by atoms with Crippen LogP contribution in [0.15, 0.2) is 66.7 Å². The first-order valence-corrected chi connectivity index (χ1v) is 12.8. The zero-order chi connectivity index (χ0) is 24.7. The average Bonchev–Trinajstić information content (AvgIpc) is 2.81. The molecule has 0 saturated heterocycles. The summed E-state index contributed by atoms with van der Waals surface area (Å²) in [6, 6.07) is 18.6. The highest BCUT2D eigenvalue weighted by Gasteiger charge is 2.19. The van der Waals surface area contributed by atoms with Gasteiger partial charge in [-0.1, -0.05) is 47.5 Å². The van der Waals surface area contributed by atoms with Crippen LogP contribution in [0.25, 0.3) is 0 Å². The minimum absolute atomic E-state index is 0.0784. The first kappa shape index (κ1) is 25.7. The highest BCUT2D eigenvalue weighted by Crippen LogP contribution is 2.31. The molecule has 10 heteroatoms. The number of halogens is 2. The Balaban J connectivity index is 1.61. The third kappa shape index (κ3) is 6.79. The molecule has 0 aliphatic carbocycles. The lowest BCUT2D eigenvalue weighted by Gasteiger charge is -2.23. The van der Waals surface area contributed by atoms with Crippen molar-refractivity contribution in [3.8, 4) is 11.5 Å². The van der Waals surface area contributed by atoms with Crippen molar-refractivity contribution in [2.24, 2.45) is 0 Å². The Bertz CT molecular complexity index is 1250. The summed E-state index contributed by atoms with van der Waals surface area (Å²) in [6.07, 6.45) is 1.12. The number of nitrogens with one attached hydrogen (secondary N) is 1. The summed E-state index contributed by atoms with van der Waals surface area (Å²) in [4.78, 5) is 12.4. The minimum atomic E-state index is -3.59. The molecule has 3 aromatic carbocycles. The van der Waals surface area contributed by atoms with Crippen molar-refractivity contribution < 1.29 is 22.7 Å². The summed E-state index contributed by atoms with van der Waals surface area (Å²) in [7, 11) is -2.10. The summed E-state index contributed by atoms with van der Waals surface area (Å²) in [5, 5.41) is 3.59. The maximum absolute atomic E-state index is 12.4. The lowest BCUT2D eigenvalue weighted by atomic mass is 10.1. The standard InChI is InChI=1S/C24H24Cl2N2O5S/c1-32-22-12-11-19(15-21(22)26)28(34(2,30)31)16-17-7-9-18(10-8-17)24(29)27-13-14-33-23-6-4-3-5-20(23)25/h3-12,15H,13-14,16H2,1-2H3,(H,27,29). The molecule has 0 aliphatic rings. The molecule has 0 aliphatic heterocycles. The van der Waals surface area contributed by atoms with E-state index in [0.29, 0.717) is 44.9 Å². The summed E-state index contributed by atoms with van der Waals surface area (Å²) in [5.41, 5.74) is 1.56. The SMILES string of the molecule is COc1ccc(N(Cc2ccc(C(=O)NCCOc3ccccc3Cl)cc2)S(C)(=O)=O)cc1Cl. The highest BCUT2D eigenvalue weighted by molar-refractivity contribution is 7.92. The number of anilines is 1. The van der Waals surface area contributed by atoms with Gasteiger partial charge in [0.1, 0.15) is 18.1 Å². The van der Waals surface area contributed by atoms with Crippen LogP contribution >= 0.6 is 23.2 Å². The number of methoxy groups -OCH3 is 1. The molecule has 0 radical (unpaired) electrons. The van der Waals surface area contributed by atoms with Crippen molar-refractivity contribution in [3.05, 3.63) is 87.9 Å². The van der Waals surface area contributed by atoms with E-state index in [4.69, 9.17) is 32.7 Å². The van der Waals surface area contributed by atoms with Gasteiger partial charge in [-0.15, -0.1) is 0 Å². The van der Waals surface area contributed by atoms with E-state index in [0.717, 1.165) is 6.26 Å². The molecule has 0 atom stereocenters. The van der Waals surface area contributed by atoms with Crippen LogP contribution in [0.3, 0.4) is 0 Å². The second kappa shape index (κ2) is 11.5. The summed E-state index contributed by atoms with van der Waals surface area (Å²) in [5.74, 6) is 0.735. The molecule has 3 aromatic rings. The van der Waals surface area contributed by atoms with Crippen LogP contribution in [0, 0.1) is 0 Å². The van der Waals surface area contributed by atoms with Crippen LogP contribution < -0.4 is 19.1 Å². The maximum Gasteiger partial charge on any atom is 0.251 e. The highest BCUT2D eigenvalue weighted by atomic mass is 35.5. The van der Waals surface area contributed by atoms with E-state index in [2.05, 4.69) is 5.32 Å². The molecule has 0 heterocycles. The third-order valence-corrected chi connectivity index (χ3v) is 6.60. The van der Waals surface area contributed by atoms with Gasteiger partial charge >= 0.3 is 0 Å². The number of sulfonamides is 1. The number of rotatable bonds is 10. The van der Waals surface area contributed by atoms with Gasteiger partial charge in [0.2, 0.25) is 10.0 Å². The van der Waals surface area contributed by atoms with Gasteiger partial charge in [-0.25, -0.2) is 8.42 Å².